The molecule has 0 atom stereocenters. The first-order valence-electron chi connectivity index (χ1n) is 7.71. The molecule has 0 amide bonds. The summed E-state index contributed by atoms with van der Waals surface area (Å²) in [6.45, 7) is 10.5. The van der Waals surface area contributed by atoms with Crippen molar-refractivity contribution >= 4 is 0 Å². The van der Waals surface area contributed by atoms with Crippen molar-refractivity contribution in [3.8, 4) is 17.0 Å². The van der Waals surface area contributed by atoms with Gasteiger partial charge in [0.05, 0.1) is 17.9 Å². The number of aromatic nitrogens is 1. The third-order valence-corrected chi connectivity index (χ3v) is 3.48. The van der Waals surface area contributed by atoms with Crippen LogP contribution in [-0.4, -0.2) is 16.7 Å². The molecule has 0 saturated carbocycles. The van der Waals surface area contributed by atoms with E-state index in [4.69, 9.17) is 4.74 Å². The monoisotopic (exact) mass is 299 g/mol. The average molecular weight is 299 g/mol. The quantitative estimate of drug-likeness (QED) is 0.894. The number of nitrogens with zero attached hydrogens (tertiary/aromatic N) is 1. The van der Waals surface area contributed by atoms with Crippen molar-refractivity contribution in [3.05, 3.63) is 47.7 Å². The van der Waals surface area contributed by atoms with E-state index in [0.29, 0.717) is 5.92 Å². The molecule has 0 saturated heterocycles. The fourth-order valence-electron chi connectivity index (χ4n) is 2.35. The number of hydrogen-bond acceptors (Lipinski definition) is 3. The molecule has 0 spiro atoms. The Bertz CT molecular complexity index is 625. The molecule has 2 aromatic rings. The Morgan fingerprint density at radius 1 is 1.09 bits per heavy atom. The van der Waals surface area contributed by atoms with E-state index in [2.05, 4.69) is 18.8 Å². The minimum absolute atomic E-state index is 0.512. The van der Waals surface area contributed by atoms with Gasteiger partial charge in [-0.2, -0.15) is 0 Å². The van der Waals surface area contributed by atoms with Crippen LogP contribution in [0.1, 0.15) is 39.0 Å². The predicted octanol–water partition coefficient (Wildman–Crippen LogP) is 4.32. The predicted molar refractivity (Wildman–Crippen MR) is 90.0 cm³/mol. The van der Waals surface area contributed by atoms with Gasteiger partial charge in [0, 0.05) is 16.8 Å². The standard InChI is InChI=1S/C19H25NO2/c1-13(2)12-22-16-8-6-15(7-9-16)18-11-10-17(14(3)20-18)19(4,5)21/h6-11,13,21H,12H2,1-5H3. The van der Waals surface area contributed by atoms with Crippen LogP contribution in [0.2, 0.25) is 0 Å². The molecule has 3 heteroatoms. The summed E-state index contributed by atoms with van der Waals surface area (Å²) in [5.74, 6) is 1.39. The highest BCUT2D eigenvalue weighted by molar-refractivity contribution is 5.60. The van der Waals surface area contributed by atoms with E-state index in [1.807, 2.05) is 43.3 Å². The average Bonchev–Trinajstić information content (AvgIpc) is 2.44. The summed E-state index contributed by atoms with van der Waals surface area (Å²) in [6, 6.07) is 11.9. The number of aryl methyl sites for hydroxylation is 1. The number of hydrogen-bond donors (Lipinski definition) is 1. The smallest absolute Gasteiger partial charge is 0.119 e. The van der Waals surface area contributed by atoms with Gasteiger partial charge in [0.25, 0.3) is 0 Å². The molecule has 0 bridgehead atoms. The molecule has 0 aliphatic carbocycles. The van der Waals surface area contributed by atoms with E-state index in [1.54, 1.807) is 13.8 Å². The summed E-state index contributed by atoms with van der Waals surface area (Å²) in [5, 5.41) is 10.1. The lowest BCUT2D eigenvalue weighted by molar-refractivity contribution is 0.0775. The van der Waals surface area contributed by atoms with Crippen LogP contribution in [0.15, 0.2) is 36.4 Å². The van der Waals surface area contributed by atoms with Gasteiger partial charge in [0.15, 0.2) is 0 Å². The van der Waals surface area contributed by atoms with Crippen molar-refractivity contribution in [1.82, 2.24) is 4.98 Å². The zero-order valence-corrected chi connectivity index (χ0v) is 14.1. The van der Waals surface area contributed by atoms with Gasteiger partial charge in [0.2, 0.25) is 0 Å². The maximum absolute atomic E-state index is 10.1. The molecule has 1 heterocycles. The number of pyridine rings is 1. The van der Waals surface area contributed by atoms with E-state index in [-0.39, 0.29) is 0 Å². The maximum Gasteiger partial charge on any atom is 0.119 e. The molecule has 2 rings (SSSR count). The molecule has 3 nitrogen and oxygen atoms in total. The minimum Gasteiger partial charge on any atom is -0.493 e. The molecule has 22 heavy (non-hydrogen) atoms. The Morgan fingerprint density at radius 3 is 2.23 bits per heavy atom. The highest BCUT2D eigenvalue weighted by Gasteiger charge is 2.19. The lowest BCUT2D eigenvalue weighted by atomic mass is 9.96. The largest absolute Gasteiger partial charge is 0.493 e. The van der Waals surface area contributed by atoms with E-state index >= 15 is 0 Å². The Morgan fingerprint density at radius 2 is 1.73 bits per heavy atom. The fourth-order valence-corrected chi connectivity index (χ4v) is 2.35. The second-order valence-electron chi connectivity index (χ2n) is 6.62. The SMILES string of the molecule is Cc1nc(-c2ccc(OCC(C)C)cc2)ccc1C(C)(C)O. The van der Waals surface area contributed by atoms with Crippen LogP contribution < -0.4 is 4.74 Å². The van der Waals surface area contributed by atoms with Crippen LogP contribution in [0, 0.1) is 12.8 Å². The summed E-state index contributed by atoms with van der Waals surface area (Å²) < 4.78 is 5.69. The van der Waals surface area contributed by atoms with Gasteiger partial charge < -0.3 is 9.84 Å². The maximum atomic E-state index is 10.1. The molecular weight excluding hydrogens is 274 g/mol. The normalized spacial score (nSPS) is 11.8. The van der Waals surface area contributed by atoms with Gasteiger partial charge >= 0.3 is 0 Å². The Hall–Kier alpha value is -1.87. The van der Waals surface area contributed by atoms with Crippen molar-refractivity contribution in [1.29, 1.82) is 0 Å². The van der Waals surface area contributed by atoms with Crippen molar-refractivity contribution in [2.24, 2.45) is 5.92 Å². The van der Waals surface area contributed by atoms with E-state index < -0.39 is 5.60 Å². The molecular formula is C19H25NO2. The van der Waals surface area contributed by atoms with Crippen LogP contribution in [0.4, 0.5) is 0 Å². The minimum atomic E-state index is -0.871. The zero-order valence-electron chi connectivity index (χ0n) is 14.1. The Balaban J connectivity index is 2.20. The van der Waals surface area contributed by atoms with Gasteiger partial charge in [-0.1, -0.05) is 19.9 Å². The lowest BCUT2D eigenvalue weighted by Gasteiger charge is -2.20. The van der Waals surface area contributed by atoms with Crippen LogP contribution in [0.3, 0.4) is 0 Å². The molecule has 1 N–H and O–H groups in total. The second kappa shape index (κ2) is 6.49. The third-order valence-electron chi connectivity index (χ3n) is 3.48. The lowest BCUT2D eigenvalue weighted by Crippen LogP contribution is -2.17. The first-order chi connectivity index (χ1) is 10.3. The van der Waals surface area contributed by atoms with Gasteiger partial charge in [-0.25, -0.2) is 0 Å². The molecule has 0 unspecified atom stereocenters. The van der Waals surface area contributed by atoms with E-state index in [9.17, 15) is 5.11 Å². The molecule has 0 radical (unpaired) electrons. The summed E-state index contributed by atoms with van der Waals surface area (Å²) >= 11 is 0. The first-order valence-corrected chi connectivity index (χ1v) is 7.71. The number of benzene rings is 1. The van der Waals surface area contributed by atoms with Crippen LogP contribution in [0.25, 0.3) is 11.3 Å². The topological polar surface area (TPSA) is 42.4 Å². The van der Waals surface area contributed by atoms with Gasteiger partial charge in [-0.05, 0) is 57.0 Å². The molecule has 1 aromatic carbocycles. The van der Waals surface area contributed by atoms with Gasteiger partial charge in [0.1, 0.15) is 5.75 Å². The highest BCUT2D eigenvalue weighted by Crippen LogP contribution is 2.26. The molecule has 118 valence electrons. The van der Waals surface area contributed by atoms with Crippen molar-refractivity contribution in [3.63, 3.8) is 0 Å². The van der Waals surface area contributed by atoms with Crippen molar-refractivity contribution in [2.75, 3.05) is 6.61 Å². The second-order valence-corrected chi connectivity index (χ2v) is 6.62. The van der Waals surface area contributed by atoms with Gasteiger partial charge in [-0.3, -0.25) is 4.98 Å². The molecule has 0 fully saturated rings. The first kappa shape index (κ1) is 16.5. The Labute approximate surface area is 133 Å². The summed E-state index contributed by atoms with van der Waals surface area (Å²) in [7, 11) is 0. The van der Waals surface area contributed by atoms with Gasteiger partial charge in [-0.15, -0.1) is 0 Å². The van der Waals surface area contributed by atoms with Crippen LogP contribution in [0.5, 0.6) is 5.75 Å². The highest BCUT2D eigenvalue weighted by atomic mass is 16.5. The van der Waals surface area contributed by atoms with Crippen molar-refractivity contribution in [2.45, 2.75) is 40.2 Å². The van der Waals surface area contributed by atoms with Crippen LogP contribution >= 0.6 is 0 Å². The molecule has 0 aliphatic heterocycles. The number of aliphatic hydroxyl groups is 1. The number of rotatable bonds is 5. The zero-order chi connectivity index (χ0) is 16.3. The van der Waals surface area contributed by atoms with E-state index in [0.717, 1.165) is 34.9 Å². The molecule has 0 aliphatic rings. The fraction of sp³-hybridized carbons (Fsp3) is 0.421. The van der Waals surface area contributed by atoms with Crippen LogP contribution in [-0.2, 0) is 5.60 Å². The van der Waals surface area contributed by atoms with Crippen molar-refractivity contribution < 1.29 is 9.84 Å². The Kier molecular flexibility index (Phi) is 4.87. The third kappa shape index (κ3) is 4.08. The summed E-state index contributed by atoms with van der Waals surface area (Å²) in [5.41, 5.74) is 2.78. The molecule has 1 aromatic heterocycles. The summed E-state index contributed by atoms with van der Waals surface area (Å²) in [4.78, 5) is 4.61. The number of ether oxygens (including phenoxy) is 1. The van der Waals surface area contributed by atoms with E-state index in [1.165, 1.54) is 0 Å². The summed E-state index contributed by atoms with van der Waals surface area (Å²) in [6.07, 6.45) is 0.